The van der Waals surface area contributed by atoms with Crippen LogP contribution in [0.25, 0.3) is 11.1 Å². The Bertz CT molecular complexity index is 1130. The Labute approximate surface area is 247 Å². The molecule has 0 saturated heterocycles. The molecule has 0 spiro atoms. The van der Waals surface area contributed by atoms with Gasteiger partial charge < -0.3 is 14.2 Å². The number of allylic oxidation sites excluding steroid dienone is 1. The predicted molar refractivity (Wildman–Crippen MR) is 170 cm³/mol. The first-order chi connectivity index (χ1) is 20.1. The molecule has 4 heteroatoms. The van der Waals surface area contributed by atoms with Crippen LogP contribution in [-0.4, -0.2) is 18.7 Å². The molecule has 3 aromatic rings. The lowest BCUT2D eigenvalue weighted by Crippen LogP contribution is -2.11. The predicted octanol–water partition coefficient (Wildman–Crippen LogP) is 10.6. The number of benzene rings is 3. The molecule has 4 nitrogen and oxygen atoms in total. The molecule has 0 bridgehead atoms. The Kier molecular flexibility index (Phi) is 14.6. The molecule has 0 heterocycles. The lowest BCUT2D eigenvalue weighted by Gasteiger charge is -2.15. The highest BCUT2D eigenvalue weighted by atomic mass is 16.5. The van der Waals surface area contributed by atoms with Gasteiger partial charge in [0.25, 0.3) is 0 Å². The molecule has 0 saturated carbocycles. The van der Waals surface area contributed by atoms with Crippen LogP contribution in [0.5, 0.6) is 17.2 Å². The smallest absolute Gasteiger partial charge is 0.343 e. The molecule has 0 aliphatic rings. The molecule has 220 valence electrons. The molecule has 0 unspecified atom stereocenters. The number of esters is 1. The highest BCUT2D eigenvalue weighted by Crippen LogP contribution is 2.25. The standard InChI is InChI=1S/C37H48O4/c1-4-6-8-10-11-12-13-15-29-39-34-25-27-36(28-26-34)41-37(38)33-19-17-31(18-20-33)32-21-23-35(24-22-32)40-30(3)16-14-9-7-5-2/h4,17-28,30H,1,5-16,29H2,2-3H3/t30-/m0/s1. The Morgan fingerprint density at radius 2 is 1.27 bits per heavy atom. The van der Waals surface area contributed by atoms with E-state index < -0.39 is 0 Å². The quantitative estimate of drug-likeness (QED) is 0.0601. The second-order valence-electron chi connectivity index (χ2n) is 10.8. The summed E-state index contributed by atoms with van der Waals surface area (Å²) >= 11 is 0. The van der Waals surface area contributed by atoms with Gasteiger partial charge in [0, 0.05) is 0 Å². The van der Waals surface area contributed by atoms with Gasteiger partial charge in [0.15, 0.2) is 0 Å². The summed E-state index contributed by atoms with van der Waals surface area (Å²) in [5.41, 5.74) is 2.62. The molecule has 0 fully saturated rings. The fraction of sp³-hybridized carbons (Fsp3) is 0.432. The minimum absolute atomic E-state index is 0.212. The summed E-state index contributed by atoms with van der Waals surface area (Å²) in [7, 11) is 0. The van der Waals surface area contributed by atoms with E-state index >= 15 is 0 Å². The molecule has 3 aromatic carbocycles. The maximum atomic E-state index is 12.7. The lowest BCUT2D eigenvalue weighted by atomic mass is 10.0. The number of hydrogen-bond acceptors (Lipinski definition) is 4. The van der Waals surface area contributed by atoms with Gasteiger partial charge in [-0.05, 0) is 98.7 Å². The number of carbonyl (C=O) groups excluding carboxylic acids is 1. The molecule has 41 heavy (non-hydrogen) atoms. The van der Waals surface area contributed by atoms with E-state index in [2.05, 4.69) is 32.6 Å². The first kappa shape index (κ1) is 32.0. The SMILES string of the molecule is C=CCCCCCCCCOc1ccc(OC(=O)c2ccc(-c3ccc(O[C@@H](C)CCCCCC)cc3)cc2)cc1. The fourth-order valence-corrected chi connectivity index (χ4v) is 4.73. The normalized spacial score (nSPS) is 11.6. The zero-order valence-corrected chi connectivity index (χ0v) is 25.1. The van der Waals surface area contributed by atoms with Crippen molar-refractivity contribution in [2.45, 2.75) is 97.0 Å². The molecular formula is C37H48O4. The van der Waals surface area contributed by atoms with E-state index in [-0.39, 0.29) is 12.1 Å². The van der Waals surface area contributed by atoms with Crippen molar-refractivity contribution in [1.82, 2.24) is 0 Å². The van der Waals surface area contributed by atoms with Crippen LogP contribution < -0.4 is 14.2 Å². The number of hydrogen-bond donors (Lipinski definition) is 0. The van der Waals surface area contributed by atoms with Crippen molar-refractivity contribution in [3.8, 4) is 28.4 Å². The summed E-state index contributed by atoms with van der Waals surface area (Å²) in [4.78, 5) is 12.7. The van der Waals surface area contributed by atoms with Crippen molar-refractivity contribution in [3.63, 3.8) is 0 Å². The van der Waals surface area contributed by atoms with Gasteiger partial charge in [0.05, 0.1) is 18.3 Å². The largest absolute Gasteiger partial charge is 0.494 e. The average molecular weight is 557 g/mol. The Balaban J connectivity index is 1.39. The maximum Gasteiger partial charge on any atom is 0.343 e. The summed E-state index contributed by atoms with van der Waals surface area (Å²) in [6.07, 6.45) is 16.7. The van der Waals surface area contributed by atoms with E-state index in [1.807, 2.05) is 42.5 Å². The van der Waals surface area contributed by atoms with E-state index in [0.29, 0.717) is 17.9 Å². The average Bonchev–Trinajstić information content (AvgIpc) is 3.00. The third-order valence-corrected chi connectivity index (χ3v) is 7.22. The summed E-state index contributed by atoms with van der Waals surface area (Å²) in [5, 5.41) is 0. The van der Waals surface area contributed by atoms with E-state index in [4.69, 9.17) is 14.2 Å². The minimum atomic E-state index is -0.380. The van der Waals surface area contributed by atoms with Crippen LogP contribution >= 0.6 is 0 Å². The number of carbonyl (C=O) groups is 1. The van der Waals surface area contributed by atoms with Gasteiger partial charge in [0.2, 0.25) is 0 Å². The van der Waals surface area contributed by atoms with Gasteiger partial charge in [-0.15, -0.1) is 6.58 Å². The molecule has 0 N–H and O–H groups in total. The number of unbranched alkanes of at least 4 members (excludes halogenated alkanes) is 9. The zero-order chi connectivity index (χ0) is 29.1. The van der Waals surface area contributed by atoms with Gasteiger partial charge in [-0.1, -0.05) is 82.2 Å². The van der Waals surface area contributed by atoms with E-state index in [1.165, 1.54) is 57.8 Å². The third kappa shape index (κ3) is 12.3. The van der Waals surface area contributed by atoms with E-state index in [1.54, 1.807) is 24.3 Å². The van der Waals surface area contributed by atoms with Gasteiger partial charge in [-0.25, -0.2) is 4.79 Å². The maximum absolute atomic E-state index is 12.7. The molecule has 0 radical (unpaired) electrons. The van der Waals surface area contributed by atoms with Crippen LogP contribution in [0.1, 0.15) is 101 Å². The monoisotopic (exact) mass is 556 g/mol. The second kappa shape index (κ2) is 18.7. The molecule has 1 atom stereocenters. The van der Waals surface area contributed by atoms with Crippen molar-refractivity contribution in [2.24, 2.45) is 0 Å². The third-order valence-electron chi connectivity index (χ3n) is 7.22. The first-order valence-electron chi connectivity index (χ1n) is 15.5. The van der Waals surface area contributed by atoms with Crippen LogP contribution in [0.2, 0.25) is 0 Å². The Morgan fingerprint density at radius 3 is 1.93 bits per heavy atom. The van der Waals surface area contributed by atoms with Crippen molar-refractivity contribution in [3.05, 3.63) is 91.0 Å². The van der Waals surface area contributed by atoms with Crippen molar-refractivity contribution < 1.29 is 19.0 Å². The highest BCUT2D eigenvalue weighted by molar-refractivity contribution is 5.91. The fourth-order valence-electron chi connectivity index (χ4n) is 4.73. The summed E-state index contributed by atoms with van der Waals surface area (Å²) in [6, 6.07) is 22.9. The van der Waals surface area contributed by atoms with Crippen LogP contribution in [0, 0.1) is 0 Å². The van der Waals surface area contributed by atoms with Crippen LogP contribution in [0.4, 0.5) is 0 Å². The molecule has 0 aromatic heterocycles. The van der Waals surface area contributed by atoms with Crippen molar-refractivity contribution in [2.75, 3.05) is 6.61 Å². The highest BCUT2D eigenvalue weighted by Gasteiger charge is 2.10. The summed E-state index contributed by atoms with van der Waals surface area (Å²) < 4.78 is 17.5. The topological polar surface area (TPSA) is 44.8 Å². The molecule has 0 amide bonds. The first-order valence-corrected chi connectivity index (χ1v) is 15.5. The van der Waals surface area contributed by atoms with Gasteiger partial charge in [-0.3, -0.25) is 0 Å². The zero-order valence-electron chi connectivity index (χ0n) is 25.1. The number of ether oxygens (including phenoxy) is 3. The molecule has 0 aliphatic carbocycles. The van der Waals surface area contributed by atoms with Crippen molar-refractivity contribution in [1.29, 1.82) is 0 Å². The molecule has 0 aliphatic heterocycles. The van der Waals surface area contributed by atoms with Crippen molar-refractivity contribution >= 4 is 5.97 Å². The minimum Gasteiger partial charge on any atom is -0.494 e. The summed E-state index contributed by atoms with van der Waals surface area (Å²) in [5.74, 6) is 1.80. The summed E-state index contributed by atoms with van der Waals surface area (Å²) in [6.45, 7) is 8.83. The second-order valence-corrected chi connectivity index (χ2v) is 10.8. The van der Waals surface area contributed by atoms with Gasteiger partial charge >= 0.3 is 5.97 Å². The lowest BCUT2D eigenvalue weighted by molar-refractivity contribution is 0.0734. The van der Waals surface area contributed by atoms with Crippen LogP contribution in [0.15, 0.2) is 85.5 Å². The Morgan fingerprint density at radius 1 is 0.707 bits per heavy atom. The molecular weight excluding hydrogens is 508 g/mol. The van der Waals surface area contributed by atoms with Crippen LogP contribution in [-0.2, 0) is 0 Å². The van der Waals surface area contributed by atoms with E-state index in [0.717, 1.165) is 41.9 Å². The van der Waals surface area contributed by atoms with Gasteiger partial charge in [0.1, 0.15) is 17.2 Å². The van der Waals surface area contributed by atoms with E-state index in [9.17, 15) is 4.79 Å². The van der Waals surface area contributed by atoms with Gasteiger partial charge in [-0.2, -0.15) is 0 Å². The molecule has 3 rings (SSSR count). The number of rotatable bonds is 20. The van der Waals surface area contributed by atoms with Crippen LogP contribution in [0.3, 0.4) is 0 Å². The Hall–Kier alpha value is -3.53.